The van der Waals surface area contributed by atoms with Crippen molar-refractivity contribution in [1.29, 1.82) is 0 Å². The Kier molecular flexibility index (Phi) is 4.66. The zero-order valence-corrected chi connectivity index (χ0v) is 13.8. The molecule has 0 fully saturated rings. The molecule has 0 saturated heterocycles. The molecule has 3 rings (SSSR count). The molecule has 0 saturated carbocycles. The number of methoxy groups -OCH3 is 1. The molecular formula is C16H16N2O5S. The molecule has 24 heavy (non-hydrogen) atoms. The molecule has 1 aliphatic heterocycles. The maximum Gasteiger partial charge on any atom is 0.355 e. The fourth-order valence-electron chi connectivity index (χ4n) is 2.45. The number of aromatic carboxylic acids is 1. The van der Waals surface area contributed by atoms with Crippen LogP contribution >= 0.6 is 11.3 Å². The Bertz CT molecular complexity index is 774. The van der Waals surface area contributed by atoms with E-state index in [1.807, 2.05) is 18.2 Å². The Hall–Kier alpha value is -2.61. The molecular weight excluding hydrogens is 332 g/mol. The normalized spacial score (nSPS) is 16.0. The number of nitrogens with one attached hydrogen (secondary N) is 1. The number of rotatable bonds is 5. The van der Waals surface area contributed by atoms with Gasteiger partial charge in [0.15, 0.2) is 5.69 Å². The van der Waals surface area contributed by atoms with Crippen molar-refractivity contribution in [2.45, 2.75) is 13.0 Å². The van der Waals surface area contributed by atoms with Gasteiger partial charge in [0.05, 0.1) is 19.6 Å². The molecule has 2 heterocycles. The number of carboxylic acid groups (broad SMARTS) is 1. The van der Waals surface area contributed by atoms with Crippen LogP contribution in [0.1, 0.15) is 21.1 Å². The van der Waals surface area contributed by atoms with Gasteiger partial charge in [-0.25, -0.2) is 9.78 Å². The lowest BCUT2D eigenvalue weighted by Crippen LogP contribution is -2.37. The summed E-state index contributed by atoms with van der Waals surface area (Å²) in [6, 6.07) is 5.55. The number of benzene rings is 1. The van der Waals surface area contributed by atoms with E-state index in [1.165, 1.54) is 16.7 Å². The van der Waals surface area contributed by atoms with Gasteiger partial charge in [0.25, 0.3) is 0 Å². The van der Waals surface area contributed by atoms with Crippen molar-refractivity contribution >= 4 is 23.2 Å². The molecule has 1 aliphatic rings. The van der Waals surface area contributed by atoms with E-state index >= 15 is 0 Å². The average Bonchev–Trinajstić information content (AvgIpc) is 3.08. The van der Waals surface area contributed by atoms with Gasteiger partial charge in [-0.3, -0.25) is 4.79 Å². The quantitative estimate of drug-likeness (QED) is 0.854. The molecule has 0 aliphatic carbocycles. The van der Waals surface area contributed by atoms with E-state index in [0.717, 1.165) is 17.1 Å². The van der Waals surface area contributed by atoms with E-state index < -0.39 is 5.97 Å². The highest BCUT2D eigenvalue weighted by atomic mass is 32.1. The fourth-order valence-corrected chi connectivity index (χ4v) is 3.15. The minimum absolute atomic E-state index is 0.00637. The summed E-state index contributed by atoms with van der Waals surface area (Å²) in [7, 11) is 1.59. The number of ether oxygens (including phenoxy) is 2. The maximum absolute atomic E-state index is 12.3. The Morgan fingerprint density at radius 3 is 3.04 bits per heavy atom. The zero-order chi connectivity index (χ0) is 17.1. The summed E-state index contributed by atoms with van der Waals surface area (Å²) >= 11 is 1.21. The monoisotopic (exact) mass is 348 g/mol. The lowest BCUT2D eigenvalue weighted by Gasteiger charge is -2.24. The maximum atomic E-state index is 12.3. The minimum atomic E-state index is -1.07. The van der Waals surface area contributed by atoms with Crippen molar-refractivity contribution in [3.63, 3.8) is 0 Å². The van der Waals surface area contributed by atoms with E-state index in [4.69, 9.17) is 14.6 Å². The van der Waals surface area contributed by atoms with Crippen LogP contribution in [-0.2, 0) is 17.8 Å². The average molecular weight is 348 g/mol. The van der Waals surface area contributed by atoms with Gasteiger partial charge in [-0.15, -0.1) is 11.3 Å². The number of fused-ring (bicyclic) bond motifs is 1. The number of hydrogen-bond donors (Lipinski definition) is 2. The van der Waals surface area contributed by atoms with Crippen LogP contribution in [0, 0.1) is 5.92 Å². The van der Waals surface area contributed by atoms with Crippen LogP contribution in [0.5, 0.6) is 11.5 Å². The van der Waals surface area contributed by atoms with E-state index in [1.54, 1.807) is 7.11 Å². The predicted octanol–water partition coefficient (Wildman–Crippen LogP) is 1.72. The van der Waals surface area contributed by atoms with Gasteiger partial charge in [-0.2, -0.15) is 0 Å². The molecule has 1 aromatic heterocycles. The number of hydrogen-bond acceptors (Lipinski definition) is 6. The third kappa shape index (κ3) is 3.48. The van der Waals surface area contributed by atoms with Crippen LogP contribution in [0.3, 0.4) is 0 Å². The first-order valence-corrected chi connectivity index (χ1v) is 8.20. The number of aromatic nitrogens is 1. The Morgan fingerprint density at radius 1 is 1.50 bits per heavy atom. The van der Waals surface area contributed by atoms with Crippen LogP contribution in [0.15, 0.2) is 23.6 Å². The Morgan fingerprint density at radius 2 is 2.33 bits per heavy atom. The predicted molar refractivity (Wildman–Crippen MR) is 86.6 cm³/mol. The minimum Gasteiger partial charge on any atom is -0.497 e. The molecule has 8 heteroatoms. The van der Waals surface area contributed by atoms with Crippen LogP contribution in [-0.4, -0.2) is 35.7 Å². The van der Waals surface area contributed by atoms with Crippen LogP contribution in [0.2, 0.25) is 0 Å². The van der Waals surface area contributed by atoms with Crippen molar-refractivity contribution in [3.8, 4) is 11.5 Å². The highest BCUT2D eigenvalue weighted by molar-refractivity contribution is 7.09. The van der Waals surface area contributed by atoms with Gasteiger partial charge in [0.1, 0.15) is 23.1 Å². The van der Waals surface area contributed by atoms with Crippen molar-refractivity contribution < 1.29 is 24.2 Å². The summed E-state index contributed by atoms with van der Waals surface area (Å²) in [6.07, 6.45) is 0.587. The van der Waals surface area contributed by atoms with Gasteiger partial charge in [0.2, 0.25) is 5.91 Å². The molecule has 126 valence electrons. The first-order valence-electron chi connectivity index (χ1n) is 7.32. The second-order valence-electron chi connectivity index (χ2n) is 5.34. The number of nitrogens with zero attached hydrogens (tertiary/aromatic N) is 1. The third-order valence-electron chi connectivity index (χ3n) is 3.74. The first kappa shape index (κ1) is 16.3. The smallest absolute Gasteiger partial charge is 0.355 e. The molecule has 1 amide bonds. The molecule has 2 N–H and O–H groups in total. The molecule has 2 aromatic rings. The second kappa shape index (κ2) is 6.88. The summed E-state index contributed by atoms with van der Waals surface area (Å²) in [5.41, 5.74) is 0.956. The molecule has 0 bridgehead atoms. The van der Waals surface area contributed by atoms with E-state index in [9.17, 15) is 9.59 Å². The lowest BCUT2D eigenvalue weighted by atomic mass is 9.96. The fraction of sp³-hybridized carbons (Fsp3) is 0.312. The summed E-state index contributed by atoms with van der Waals surface area (Å²) in [6.45, 7) is 0.507. The van der Waals surface area contributed by atoms with Crippen molar-refractivity contribution in [1.82, 2.24) is 10.3 Å². The van der Waals surface area contributed by atoms with Crippen LogP contribution in [0.25, 0.3) is 0 Å². The highest BCUT2D eigenvalue weighted by Gasteiger charge is 2.26. The topological polar surface area (TPSA) is 97.8 Å². The van der Waals surface area contributed by atoms with Gasteiger partial charge in [-0.05, 0) is 18.1 Å². The van der Waals surface area contributed by atoms with Crippen molar-refractivity contribution in [2.75, 3.05) is 13.7 Å². The van der Waals surface area contributed by atoms with Crippen molar-refractivity contribution in [2.24, 2.45) is 5.92 Å². The van der Waals surface area contributed by atoms with Gasteiger partial charge in [0, 0.05) is 11.4 Å². The third-order valence-corrected chi connectivity index (χ3v) is 4.58. The largest absolute Gasteiger partial charge is 0.497 e. The van der Waals surface area contributed by atoms with Crippen LogP contribution in [0.4, 0.5) is 0 Å². The number of amides is 1. The summed E-state index contributed by atoms with van der Waals surface area (Å²) < 4.78 is 10.8. The molecule has 1 atom stereocenters. The van der Waals surface area contributed by atoms with Gasteiger partial charge in [-0.1, -0.05) is 6.07 Å². The van der Waals surface area contributed by atoms with Gasteiger partial charge >= 0.3 is 5.97 Å². The SMILES string of the molecule is COc1ccc2c(c1)OCC(C(=O)NCc1nc(C(=O)O)cs1)C2. The van der Waals surface area contributed by atoms with Gasteiger partial charge < -0.3 is 19.9 Å². The summed E-state index contributed by atoms with van der Waals surface area (Å²) in [4.78, 5) is 27.0. The lowest BCUT2D eigenvalue weighted by molar-refractivity contribution is -0.126. The van der Waals surface area contributed by atoms with Crippen LogP contribution < -0.4 is 14.8 Å². The Labute approximate surface area is 142 Å². The zero-order valence-electron chi connectivity index (χ0n) is 12.9. The molecule has 1 unspecified atom stereocenters. The highest BCUT2D eigenvalue weighted by Crippen LogP contribution is 2.31. The molecule has 0 spiro atoms. The summed E-state index contributed by atoms with van der Waals surface area (Å²) in [5, 5.41) is 13.6. The number of carbonyl (C=O) groups is 2. The van der Waals surface area contributed by atoms with E-state index in [2.05, 4.69) is 10.3 Å². The van der Waals surface area contributed by atoms with Crippen molar-refractivity contribution in [3.05, 3.63) is 39.8 Å². The second-order valence-corrected chi connectivity index (χ2v) is 6.28. The molecule has 7 nitrogen and oxygen atoms in total. The number of carboxylic acids is 1. The summed E-state index contributed by atoms with van der Waals surface area (Å²) in [5.74, 6) is -0.0380. The standard InChI is InChI=1S/C16H16N2O5S/c1-22-11-3-2-9-4-10(7-23-13(9)5-11)15(19)17-6-14-18-12(8-24-14)16(20)21/h2-3,5,8,10H,4,6-7H2,1H3,(H,17,19)(H,20,21). The van der Waals surface area contributed by atoms with E-state index in [0.29, 0.717) is 18.0 Å². The Balaban J connectivity index is 1.58. The molecule has 0 radical (unpaired) electrons. The molecule has 1 aromatic carbocycles. The number of thiazole rings is 1. The number of carbonyl (C=O) groups excluding carboxylic acids is 1. The van der Waals surface area contributed by atoms with E-state index in [-0.39, 0.29) is 24.1 Å². The first-order chi connectivity index (χ1) is 11.6.